The largest absolute Gasteiger partial charge is 0.611 e. The van der Waals surface area contributed by atoms with Crippen molar-refractivity contribution in [2.75, 3.05) is 5.75 Å². The Morgan fingerprint density at radius 3 is 2.53 bits per heavy atom. The zero-order chi connectivity index (χ0) is 23.5. The van der Waals surface area contributed by atoms with Gasteiger partial charge in [0.05, 0.1) is 0 Å². The van der Waals surface area contributed by atoms with Crippen molar-refractivity contribution in [3.05, 3.63) is 47.8 Å². The fourth-order valence-corrected chi connectivity index (χ4v) is 6.80. The lowest BCUT2D eigenvalue weighted by Gasteiger charge is -2.32. The second kappa shape index (κ2) is 10.5. The van der Waals surface area contributed by atoms with Crippen LogP contribution in [0.4, 0.5) is 0 Å². The molecule has 4 nitrogen and oxygen atoms in total. The zero-order valence-electron chi connectivity index (χ0n) is 19.7. The third kappa shape index (κ3) is 5.83. The Morgan fingerprint density at radius 1 is 1.22 bits per heavy atom. The van der Waals surface area contributed by atoms with Crippen LogP contribution < -0.4 is 0 Å². The van der Waals surface area contributed by atoms with Crippen molar-refractivity contribution in [2.24, 2.45) is 5.41 Å². The summed E-state index contributed by atoms with van der Waals surface area (Å²) in [7, 11) is 0. The summed E-state index contributed by atoms with van der Waals surface area (Å²) < 4.78 is 14.5. The van der Waals surface area contributed by atoms with Crippen LogP contribution in [0.3, 0.4) is 0 Å². The standard InChI is InChI=1S/C26H35NO3S2/c1-6-7-8-9-14-32(30)21-12-10-20(11-13-21)31-25-19(3)27(17-23(28)29)22-16-26(4,5)15-18(2)24(22)25/h10-13H,2,6-9,14-17H2,1,3-5H3,(H,28,29). The Labute approximate surface area is 199 Å². The molecule has 1 atom stereocenters. The first kappa shape index (κ1) is 25.0. The van der Waals surface area contributed by atoms with E-state index in [0.29, 0.717) is 5.75 Å². The maximum Gasteiger partial charge on any atom is 0.323 e. The van der Waals surface area contributed by atoms with Gasteiger partial charge in [0.15, 0.2) is 4.90 Å². The second-order valence-electron chi connectivity index (χ2n) is 9.52. The number of fused-ring (bicyclic) bond motifs is 1. The average molecular weight is 474 g/mol. The van der Waals surface area contributed by atoms with E-state index < -0.39 is 17.1 Å². The summed E-state index contributed by atoms with van der Waals surface area (Å²) in [5.74, 6) is -0.116. The van der Waals surface area contributed by atoms with Crippen molar-refractivity contribution in [3.63, 3.8) is 0 Å². The number of benzene rings is 1. The molecule has 1 aromatic carbocycles. The van der Waals surface area contributed by atoms with Gasteiger partial charge in [0, 0.05) is 26.7 Å². The first-order valence-corrected chi connectivity index (χ1v) is 13.5. The van der Waals surface area contributed by atoms with Crippen LogP contribution in [0.25, 0.3) is 5.57 Å². The van der Waals surface area contributed by atoms with Crippen molar-refractivity contribution in [3.8, 4) is 0 Å². The zero-order valence-corrected chi connectivity index (χ0v) is 21.3. The molecule has 1 aromatic heterocycles. The summed E-state index contributed by atoms with van der Waals surface area (Å²) in [6.45, 7) is 12.9. The number of hydrogen-bond acceptors (Lipinski definition) is 3. The highest BCUT2D eigenvalue weighted by Crippen LogP contribution is 2.48. The molecular formula is C26H35NO3S2. The van der Waals surface area contributed by atoms with Gasteiger partial charge in [-0.05, 0) is 79.0 Å². The molecule has 2 aromatic rings. The van der Waals surface area contributed by atoms with Gasteiger partial charge in [-0.1, -0.05) is 52.0 Å². The topological polar surface area (TPSA) is 65.3 Å². The number of carbonyl (C=O) groups is 1. The summed E-state index contributed by atoms with van der Waals surface area (Å²) >= 11 is 0.694. The minimum Gasteiger partial charge on any atom is -0.611 e. The van der Waals surface area contributed by atoms with Crippen LogP contribution >= 0.6 is 11.8 Å². The van der Waals surface area contributed by atoms with Gasteiger partial charge in [-0.15, -0.1) is 0 Å². The smallest absolute Gasteiger partial charge is 0.323 e. The molecule has 0 saturated carbocycles. The van der Waals surface area contributed by atoms with Gasteiger partial charge in [0.25, 0.3) is 0 Å². The minimum atomic E-state index is -0.958. The maximum atomic E-state index is 12.6. The third-order valence-electron chi connectivity index (χ3n) is 6.05. The molecule has 0 radical (unpaired) electrons. The molecular weight excluding hydrogens is 438 g/mol. The molecule has 0 saturated heterocycles. The van der Waals surface area contributed by atoms with Gasteiger partial charge >= 0.3 is 5.97 Å². The van der Waals surface area contributed by atoms with Crippen LogP contribution in [0.15, 0.2) is 45.5 Å². The lowest BCUT2D eigenvalue weighted by molar-refractivity contribution is -0.137. The van der Waals surface area contributed by atoms with Crippen LogP contribution in [0.2, 0.25) is 0 Å². The molecule has 1 aliphatic rings. The number of nitrogens with zero attached hydrogens (tertiary/aromatic N) is 1. The van der Waals surface area contributed by atoms with Crippen molar-refractivity contribution < 1.29 is 14.5 Å². The highest BCUT2D eigenvalue weighted by Gasteiger charge is 2.34. The lowest BCUT2D eigenvalue weighted by Crippen LogP contribution is -2.24. The van der Waals surface area contributed by atoms with Gasteiger partial charge in [0.2, 0.25) is 0 Å². The number of carboxylic acids is 1. The predicted octanol–water partition coefficient (Wildman–Crippen LogP) is 6.71. The number of aromatic nitrogens is 1. The number of hydrogen-bond donors (Lipinski definition) is 1. The van der Waals surface area contributed by atoms with E-state index in [9.17, 15) is 14.5 Å². The summed E-state index contributed by atoms with van der Waals surface area (Å²) in [6.07, 6.45) is 6.25. The molecule has 1 aliphatic carbocycles. The average Bonchev–Trinajstić information content (AvgIpc) is 2.96. The summed E-state index contributed by atoms with van der Waals surface area (Å²) in [4.78, 5) is 14.6. The first-order chi connectivity index (χ1) is 15.1. The van der Waals surface area contributed by atoms with Crippen molar-refractivity contribution in [1.29, 1.82) is 0 Å². The quantitative estimate of drug-likeness (QED) is 0.308. The number of aliphatic carboxylic acids is 1. The lowest BCUT2D eigenvalue weighted by atomic mass is 9.75. The number of rotatable bonds is 10. The Morgan fingerprint density at radius 2 is 1.91 bits per heavy atom. The normalized spacial score (nSPS) is 16.1. The molecule has 1 unspecified atom stereocenters. The van der Waals surface area contributed by atoms with Gasteiger partial charge in [-0.25, -0.2) is 0 Å². The van der Waals surface area contributed by atoms with Crippen molar-refractivity contribution in [2.45, 2.75) is 87.5 Å². The highest BCUT2D eigenvalue weighted by molar-refractivity contribution is 7.99. The molecule has 0 bridgehead atoms. The molecule has 0 fully saturated rings. The molecule has 174 valence electrons. The molecule has 1 heterocycles. The van der Waals surface area contributed by atoms with Crippen LogP contribution in [-0.2, 0) is 28.9 Å². The van der Waals surface area contributed by atoms with Gasteiger partial charge in [-0.2, -0.15) is 0 Å². The van der Waals surface area contributed by atoms with E-state index in [1.54, 1.807) is 11.8 Å². The molecule has 1 N–H and O–H groups in total. The SMILES string of the molecule is C=C1CC(C)(C)Cc2c1c(Sc1ccc([S+]([O-])CCCCCC)cc1)c(C)n2CC(=O)O. The Bertz CT molecular complexity index is 976. The van der Waals surface area contributed by atoms with E-state index in [1.807, 2.05) is 35.8 Å². The van der Waals surface area contributed by atoms with Gasteiger partial charge in [0.1, 0.15) is 12.3 Å². The number of unbranched alkanes of at least 4 members (excludes halogenated alkanes) is 3. The monoisotopic (exact) mass is 473 g/mol. The fraction of sp³-hybridized carbons (Fsp3) is 0.500. The van der Waals surface area contributed by atoms with Crippen LogP contribution in [0, 0.1) is 12.3 Å². The summed E-state index contributed by atoms with van der Waals surface area (Å²) in [5, 5.41) is 9.48. The summed E-state index contributed by atoms with van der Waals surface area (Å²) in [5.41, 5.74) is 4.33. The predicted molar refractivity (Wildman–Crippen MR) is 134 cm³/mol. The Hall–Kier alpha value is -1.63. The summed E-state index contributed by atoms with van der Waals surface area (Å²) in [6, 6.07) is 7.98. The van der Waals surface area contributed by atoms with E-state index in [4.69, 9.17) is 0 Å². The van der Waals surface area contributed by atoms with Crippen LogP contribution in [0.1, 0.15) is 69.8 Å². The van der Waals surface area contributed by atoms with Gasteiger partial charge in [-0.3, -0.25) is 4.79 Å². The van der Waals surface area contributed by atoms with E-state index in [2.05, 4.69) is 27.4 Å². The molecule has 32 heavy (non-hydrogen) atoms. The highest BCUT2D eigenvalue weighted by atomic mass is 32.2. The molecule has 3 rings (SSSR count). The molecule has 0 aliphatic heterocycles. The molecule has 0 spiro atoms. The number of allylic oxidation sites excluding steroid dienone is 1. The minimum absolute atomic E-state index is 0.0337. The maximum absolute atomic E-state index is 12.6. The molecule has 6 heteroatoms. The van der Waals surface area contributed by atoms with Crippen molar-refractivity contribution in [1.82, 2.24) is 4.57 Å². The van der Waals surface area contributed by atoms with E-state index in [1.165, 1.54) is 12.8 Å². The van der Waals surface area contributed by atoms with E-state index in [-0.39, 0.29) is 12.0 Å². The Balaban J connectivity index is 1.84. The van der Waals surface area contributed by atoms with Gasteiger partial charge < -0.3 is 14.2 Å². The van der Waals surface area contributed by atoms with E-state index >= 15 is 0 Å². The van der Waals surface area contributed by atoms with Crippen LogP contribution in [-0.4, -0.2) is 25.9 Å². The van der Waals surface area contributed by atoms with E-state index in [0.717, 1.165) is 62.9 Å². The Kier molecular flexibility index (Phi) is 8.23. The third-order valence-corrected chi connectivity index (χ3v) is 8.72. The molecule has 0 amide bonds. The fourth-order valence-electron chi connectivity index (χ4n) is 4.53. The number of carboxylic acid groups (broad SMARTS) is 1. The second-order valence-corrected chi connectivity index (χ2v) is 12.2. The first-order valence-electron chi connectivity index (χ1n) is 11.4. The van der Waals surface area contributed by atoms with Crippen molar-refractivity contribution >= 4 is 34.5 Å². The van der Waals surface area contributed by atoms with Crippen LogP contribution in [0.5, 0.6) is 0 Å².